The first-order valence-electron chi connectivity index (χ1n) is 14.1. The summed E-state index contributed by atoms with van der Waals surface area (Å²) in [7, 11) is 0. The summed E-state index contributed by atoms with van der Waals surface area (Å²) in [6, 6.07) is 34.9. The minimum Gasteiger partial charge on any atom is -0.348 e. The standard InChI is InChI=1S/C35H36N4OS/c1-2-3-20-39(35-38-33(25-41-35)31-18-16-30(17-19-31)29-10-5-4-6-11-29)24-26-12-14-32(15-13-26)34(40)37-23-28-9-7-8-27(21-28)22-36/h4-19,21,25H,2-3,20,22-24,36H2,1H3,(H,37,40). The van der Waals surface area contributed by atoms with Crippen LogP contribution in [-0.4, -0.2) is 17.4 Å². The van der Waals surface area contributed by atoms with Gasteiger partial charge in [0.1, 0.15) is 0 Å². The van der Waals surface area contributed by atoms with Crippen molar-refractivity contribution in [2.75, 3.05) is 11.4 Å². The number of amides is 1. The molecule has 0 atom stereocenters. The SMILES string of the molecule is CCCCN(Cc1ccc(C(=O)NCc2cccc(CN)c2)cc1)c1nc(-c2ccc(-c3ccccc3)cc2)cs1. The number of nitrogens with one attached hydrogen (secondary N) is 1. The summed E-state index contributed by atoms with van der Waals surface area (Å²) in [5.74, 6) is -0.0830. The highest BCUT2D eigenvalue weighted by molar-refractivity contribution is 7.14. The molecule has 0 unspecified atom stereocenters. The summed E-state index contributed by atoms with van der Waals surface area (Å²) >= 11 is 1.68. The van der Waals surface area contributed by atoms with Crippen molar-refractivity contribution in [2.45, 2.75) is 39.4 Å². The smallest absolute Gasteiger partial charge is 0.251 e. The molecule has 0 saturated heterocycles. The van der Waals surface area contributed by atoms with Crippen molar-refractivity contribution in [3.63, 3.8) is 0 Å². The van der Waals surface area contributed by atoms with E-state index >= 15 is 0 Å². The molecule has 0 aliphatic carbocycles. The van der Waals surface area contributed by atoms with Crippen LogP contribution >= 0.6 is 11.3 Å². The summed E-state index contributed by atoms with van der Waals surface area (Å²) in [5.41, 5.74) is 14.2. The molecule has 0 fully saturated rings. The van der Waals surface area contributed by atoms with Crippen molar-refractivity contribution < 1.29 is 4.79 Å². The molecular formula is C35H36N4OS. The Kier molecular flexibility index (Phi) is 9.57. The molecule has 41 heavy (non-hydrogen) atoms. The highest BCUT2D eigenvalue weighted by Crippen LogP contribution is 2.30. The van der Waals surface area contributed by atoms with Crippen LogP contribution < -0.4 is 16.0 Å². The highest BCUT2D eigenvalue weighted by atomic mass is 32.1. The highest BCUT2D eigenvalue weighted by Gasteiger charge is 2.14. The number of thiazole rings is 1. The third kappa shape index (κ3) is 7.48. The molecule has 0 aliphatic rings. The number of carbonyl (C=O) groups excluding carboxylic acids is 1. The fourth-order valence-corrected chi connectivity index (χ4v) is 5.59. The Morgan fingerprint density at radius 3 is 2.27 bits per heavy atom. The Labute approximate surface area is 246 Å². The number of nitrogens with two attached hydrogens (primary N) is 1. The third-order valence-corrected chi connectivity index (χ3v) is 8.00. The molecule has 1 heterocycles. The number of rotatable bonds is 12. The van der Waals surface area contributed by atoms with Gasteiger partial charge in [0.05, 0.1) is 5.69 Å². The summed E-state index contributed by atoms with van der Waals surface area (Å²) in [6.07, 6.45) is 2.20. The van der Waals surface area contributed by atoms with Gasteiger partial charge in [-0.15, -0.1) is 11.3 Å². The fourth-order valence-electron chi connectivity index (χ4n) is 4.73. The second kappa shape index (κ2) is 13.9. The van der Waals surface area contributed by atoms with Crippen LogP contribution in [0.15, 0.2) is 109 Å². The van der Waals surface area contributed by atoms with Gasteiger partial charge in [0.25, 0.3) is 5.91 Å². The van der Waals surface area contributed by atoms with E-state index < -0.39 is 0 Å². The monoisotopic (exact) mass is 560 g/mol. The van der Waals surface area contributed by atoms with Crippen molar-refractivity contribution in [1.82, 2.24) is 10.3 Å². The molecule has 0 aliphatic heterocycles. The number of hydrogen-bond donors (Lipinski definition) is 2. The topological polar surface area (TPSA) is 71.2 Å². The molecule has 0 spiro atoms. The second-order valence-corrected chi connectivity index (χ2v) is 11.0. The van der Waals surface area contributed by atoms with E-state index in [2.05, 4.69) is 71.1 Å². The lowest BCUT2D eigenvalue weighted by Gasteiger charge is -2.22. The number of benzene rings is 4. The van der Waals surface area contributed by atoms with Gasteiger partial charge < -0.3 is 16.0 Å². The molecule has 4 aromatic carbocycles. The molecule has 0 radical (unpaired) electrons. The van der Waals surface area contributed by atoms with E-state index in [1.165, 1.54) is 11.1 Å². The maximum atomic E-state index is 12.8. The molecule has 6 heteroatoms. The molecule has 208 valence electrons. The molecule has 5 aromatic rings. The van der Waals surface area contributed by atoms with E-state index in [1.807, 2.05) is 54.6 Å². The third-order valence-electron chi connectivity index (χ3n) is 7.10. The summed E-state index contributed by atoms with van der Waals surface area (Å²) in [5, 5.41) is 6.17. The molecule has 1 amide bonds. The second-order valence-electron chi connectivity index (χ2n) is 10.1. The van der Waals surface area contributed by atoms with Gasteiger partial charge in [0, 0.05) is 42.7 Å². The zero-order valence-electron chi connectivity index (χ0n) is 23.4. The van der Waals surface area contributed by atoms with Crippen LogP contribution in [0.2, 0.25) is 0 Å². The van der Waals surface area contributed by atoms with E-state index in [0.717, 1.165) is 59.0 Å². The Morgan fingerprint density at radius 2 is 1.54 bits per heavy atom. The van der Waals surface area contributed by atoms with E-state index in [1.54, 1.807) is 11.3 Å². The zero-order chi connectivity index (χ0) is 28.4. The first-order chi connectivity index (χ1) is 20.1. The number of aromatic nitrogens is 1. The lowest BCUT2D eigenvalue weighted by atomic mass is 10.0. The van der Waals surface area contributed by atoms with Crippen molar-refractivity contribution in [1.29, 1.82) is 0 Å². The number of hydrogen-bond acceptors (Lipinski definition) is 5. The number of nitrogens with zero attached hydrogens (tertiary/aromatic N) is 2. The van der Waals surface area contributed by atoms with Crippen LogP contribution in [0.25, 0.3) is 22.4 Å². The summed E-state index contributed by atoms with van der Waals surface area (Å²) in [4.78, 5) is 20.1. The molecule has 0 saturated carbocycles. The van der Waals surface area contributed by atoms with Crippen molar-refractivity contribution in [3.05, 3.63) is 131 Å². The molecule has 3 N–H and O–H groups in total. The minimum absolute atomic E-state index is 0.0830. The van der Waals surface area contributed by atoms with Crippen LogP contribution in [0.3, 0.4) is 0 Å². The molecule has 5 rings (SSSR count). The van der Waals surface area contributed by atoms with Crippen LogP contribution in [0.1, 0.15) is 46.8 Å². The van der Waals surface area contributed by atoms with Gasteiger partial charge in [-0.3, -0.25) is 4.79 Å². The van der Waals surface area contributed by atoms with Crippen molar-refractivity contribution in [3.8, 4) is 22.4 Å². The maximum Gasteiger partial charge on any atom is 0.251 e. The van der Waals surface area contributed by atoms with Gasteiger partial charge in [0.15, 0.2) is 5.13 Å². The quantitative estimate of drug-likeness (QED) is 0.164. The van der Waals surface area contributed by atoms with Gasteiger partial charge in [-0.05, 0) is 46.4 Å². The Morgan fingerprint density at radius 1 is 0.829 bits per heavy atom. The van der Waals surface area contributed by atoms with Crippen LogP contribution in [0.5, 0.6) is 0 Å². The van der Waals surface area contributed by atoms with E-state index in [4.69, 9.17) is 10.7 Å². The van der Waals surface area contributed by atoms with Gasteiger partial charge in [-0.2, -0.15) is 0 Å². The molecule has 1 aromatic heterocycles. The lowest BCUT2D eigenvalue weighted by molar-refractivity contribution is 0.0951. The predicted molar refractivity (Wildman–Crippen MR) is 171 cm³/mol. The van der Waals surface area contributed by atoms with Crippen LogP contribution in [0, 0.1) is 0 Å². The van der Waals surface area contributed by atoms with Gasteiger partial charge in [0.2, 0.25) is 0 Å². The minimum atomic E-state index is -0.0830. The lowest BCUT2D eigenvalue weighted by Crippen LogP contribution is -2.24. The number of unbranched alkanes of at least 4 members (excludes halogenated alkanes) is 1. The van der Waals surface area contributed by atoms with Crippen LogP contribution in [-0.2, 0) is 19.6 Å². The fraction of sp³-hybridized carbons (Fsp3) is 0.200. The molecule has 0 bridgehead atoms. The maximum absolute atomic E-state index is 12.8. The number of anilines is 1. The Balaban J connectivity index is 1.23. The average molecular weight is 561 g/mol. The van der Waals surface area contributed by atoms with E-state index in [9.17, 15) is 4.79 Å². The zero-order valence-corrected chi connectivity index (χ0v) is 24.2. The van der Waals surface area contributed by atoms with E-state index in [0.29, 0.717) is 18.7 Å². The van der Waals surface area contributed by atoms with Crippen LogP contribution in [0.4, 0.5) is 5.13 Å². The summed E-state index contributed by atoms with van der Waals surface area (Å²) < 4.78 is 0. The van der Waals surface area contributed by atoms with Gasteiger partial charge in [-0.1, -0.05) is 104 Å². The van der Waals surface area contributed by atoms with Crippen molar-refractivity contribution >= 4 is 22.4 Å². The largest absolute Gasteiger partial charge is 0.348 e. The van der Waals surface area contributed by atoms with Gasteiger partial charge in [-0.25, -0.2) is 4.98 Å². The number of carbonyl (C=O) groups is 1. The summed E-state index contributed by atoms with van der Waals surface area (Å²) in [6.45, 7) is 4.84. The van der Waals surface area contributed by atoms with E-state index in [-0.39, 0.29) is 5.91 Å². The average Bonchev–Trinajstić information content (AvgIpc) is 3.53. The predicted octanol–water partition coefficient (Wildman–Crippen LogP) is 7.67. The molecular weight excluding hydrogens is 524 g/mol. The molecule has 5 nitrogen and oxygen atoms in total. The normalized spacial score (nSPS) is 10.9. The first-order valence-corrected chi connectivity index (χ1v) is 15.0. The van der Waals surface area contributed by atoms with Crippen molar-refractivity contribution in [2.24, 2.45) is 5.73 Å². The van der Waals surface area contributed by atoms with Gasteiger partial charge >= 0.3 is 0 Å². The first kappa shape index (κ1) is 28.3. The Hall–Kier alpha value is -4.26. The Bertz CT molecular complexity index is 1550.